The Kier molecular flexibility index (Phi) is 12.8. The maximum Gasteiger partial charge on any atom is 0.322 e. The molecule has 1 amide bonds. The van der Waals surface area contributed by atoms with E-state index in [9.17, 15) is 14.4 Å². The smallest absolute Gasteiger partial charge is 0.322 e. The lowest BCUT2D eigenvalue weighted by molar-refractivity contribution is -0.138. The van der Waals surface area contributed by atoms with Crippen molar-refractivity contribution in [2.75, 3.05) is 12.8 Å². The molecule has 0 aliphatic heterocycles. The third kappa shape index (κ3) is 12.3. The SMILES string of the molecule is CSc1ncc(C#CCCCC(=O)NCC(=O)O)cn1.NC(Cc1ccccc1)C(=O)O. The van der Waals surface area contributed by atoms with Gasteiger partial charge in [0.25, 0.3) is 0 Å². The van der Waals surface area contributed by atoms with E-state index in [4.69, 9.17) is 15.9 Å². The number of amides is 1. The van der Waals surface area contributed by atoms with Crippen LogP contribution in [0.5, 0.6) is 0 Å². The number of carboxylic acid groups (broad SMARTS) is 2. The van der Waals surface area contributed by atoms with Crippen molar-refractivity contribution in [1.82, 2.24) is 15.3 Å². The minimum Gasteiger partial charge on any atom is -0.480 e. The molecule has 170 valence electrons. The molecule has 0 saturated heterocycles. The summed E-state index contributed by atoms with van der Waals surface area (Å²) in [4.78, 5) is 40.0. The molecule has 1 atom stereocenters. The summed E-state index contributed by atoms with van der Waals surface area (Å²) in [6.07, 6.45) is 7.01. The summed E-state index contributed by atoms with van der Waals surface area (Å²) in [5.41, 5.74) is 7.03. The molecule has 0 spiro atoms. The Balaban J connectivity index is 0.000000363. The summed E-state index contributed by atoms with van der Waals surface area (Å²) in [5, 5.41) is 19.9. The summed E-state index contributed by atoms with van der Waals surface area (Å²) >= 11 is 1.46. The molecular weight excluding hydrogens is 432 g/mol. The molecule has 5 N–H and O–H groups in total. The summed E-state index contributed by atoms with van der Waals surface area (Å²) in [6, 6.07) is 8.54. The van der Waals surface area contributed by atoms with Crippen molar-refractivity contribution in [3.05, 3.63) is 53.9 Å². The van der Waals surface area contributed by atoms with E-state index in [-0.39, 0.29) is 18.9 Å². The number of carbonyl (C=O) groups is 3. The normalized spacial score (nSPS) is 10.6. The van der Waals surface area contributed by atoms with E-state index in [0.717, 1.165) is 11.1 Å². The second-order valence-corrected chi connectivity index (χ2v) is 7.19. The highest BCUT2D eigenvalue weighted by atomic mass is 32.2. The number of carboxylic acids is 2. The van der Waals surface area contributed by atoms with Gasteiger partial charge in [0.2, 0.25) is 5.91 Å². The summed E-state index contributed by atoms with van der Waals surface area (Å²) in [6.45, 7) is -0.344. The number of aliphatic carboxylic acids is 2. The van der Waals surface area contributed by atoms with E-state index in [1.165, 1.54) is 11.8 Å². The Hall–Kier alpha value is -3.42. The molecule has 32 heavy (non-hydrogen) atoms. The number of thioether (sulfide) groups is 1. The Morgan fingerprint density at radius 3 is 2.38 bits per heavy atom. The molecule has 1 aromatic heterocycles. The number of rotatable bonds is 9. The van der Waals surface area contributed by atoms with Crippen LogP contribution in [0.15, 0.2) is 47.9 Å². The van der Waals surface area contributed by atoms with Gasteiger partial charge in [-0.1, -0.05) is 53.9 Å². The van der Waals surface area contributed by atoms with Gasteiger partial charge in [-0.05, 0) is 24.7 Å². The number of benzene rings is 1. The third-order valence-electron chi connectivity index (χ3n) is 3.80. The first kappa shape index (κ1) is 26.6. The van der Waals surface area contributed by atoms with Gasteiger partial charge in [-0.25, -0.2) is 9.97 Å². The van der Waals surface area contributed by atoms with E-state index >= 15 is 0 Å². The van der Waals surface area contributed by atoms with E-state index in [1.54, 1.807) is 12.4 Å². The fourth-order valence-electron chi connectivity index (χ4n) is 2.21. The van der Waals surface area contributed by atoms with Crippen LogP contribution < -0.4 is 11.1 Å². The first-order chi connectivity index (χ1) is 15.3. The first-order valence-corrected chi connectivity index (χ1v) is 10.9. The van der Waals surface area contributed by atoms with Crippen LogP contribution in [-0.2, 0) is 20.8 Å². The molecule has 1 aromatic carbocycles. The van der Waals surface area contributed by atoms with Crippen LogP contribution in [0.4, 0.5) is 0 Å². The molecule has 2 aromatic rings. The molecule has 10 heteroatoms. The van der Waals surface area contributed by atoms with Gasteiger partial charge in [0.05, 0.1) is 5.56 Å². The van der Waals surface area contributed by atoms with Crippen molar-refractivity contribution in [2.45, 2.75) is 36.9 Å². The Morgan fingerprint density at radius 2 is 1.81 bits per heavy atom. The van der Waals surface area contributed by atoms with Gasteiger partial charge < -0.3 is 21.3 Å². The minimum absolute atomic E-state index is 0.268. The van der Waals surface area contributed by atoms with Gasteiger partial charge >= 0.3 is 11.9 Å². The predicted molar refractivity (Wildman–Crippen MR) is 121 cm³/mol. The fraction of sp³-hybridized carbons (Fsp3) is 0.318. The number of nitrogens with two attached hydrogens (primary N) is 1. The van der Waals surface area contributed by atoms with Crippen LogP contribution in [0, 0.1) is 11.8 Å². The maximum atomic E-state index is 11.2. The highest BCUT2D eigenvalue weighted by Gasteiger charge is 2.11. The summed E-state index contributed by atoms with van der Waals surface area (Å²) in [5.74, 6) is 3.55. The molecular formula is C22H26N4O5S. The molecule has 1 heterocycles. The van der Waals surface area contributed by atoms with E-state index < -0.39 is 18.0 Å². The van der Waals surface area contributed by atoms with Gasteiger partial charge in [-0.2, -0.15) is 0 Å². The second-order valence-electron chi connectivity index (χ2n) is 6.42. The van der Waals surface area contributed by atoms with Crippen LogP contribution in [0.2, 0.25) is 0 Å². The van der Waals surface area contributed by atoms with E-state index in [2.05, 4.69) is 27.1 Å². The lowest BCUT2D eigenvalue weighted by atomic mass is 10.1. The number of hydrogen-bond donors (Lipinski definition) is 4. The molecule has 0 aliphatic carbocycles. The monoisotopic (exact) mass is 458 g/mol. The molecule has 0 bridgehead atoms. The molecule has 0 aliphatic rings. The zero-order chi connectivity index (χ0) is 23.8. The van der Waals surface area contributed by atoms with E-state index in [0.29, 0.717) is 24.4 Å². The van der Waals surface area contributed by atoms with Gasteiger partial charge in [-0.15, -0.1) is 0 Å². The number of unbranched alkanes of at least 4 members (excludes halogenated alkanes) is 1. The third-order valence-corrected chi connectivity index (χ3v) is 4.38. The quantitative estimate of drug-likeness (QED) is 0.189. The highest BCUT2D eigenvalue weighted by molar-refractivity contribution is 7.98. The summed E-state index contributed by atoms with van der Waals surface area (Å²) in [7, 11) is 0. The standard InChI is InChI=1S/C13H15N3O3S.C9H11NO2/c1-20-13-15-7-10(8-16-13)5-3-2-4-6-11(17)14-9-12(18)19;10-8(9(11)12)6-7-4-2-1-3-5-7/h7-8H,2,4,6,9H2,1H3,(H,14,17)(H,18,19);1-5,8H,6,10H2,(H,11,12). The van der Waals surface area contributed by atoms with Crippen molar-refractivity contribution >= 4 is 29.6 Å². The Bertz CT molecular complexity index is 927. The Labute approximate surface area is 190 Å². The second kappa shape index (κ2) is 15.4. The molecule has 1 unspecified atom stereocenters. The largest absolute Gasteiger partial charge is 0.480 e. The average Bonchev–Trinajstić information content (AvgIpc) is 2.79. The van der Waals surface area contributed by atoms with Crippen LogP contribution >= 0.6 is 11.8 Å². The lowest BCUT2D eigenvalue weighted by Crippen LogP contribution is -2.32. The van der Waals surface area contributed by atoms with Crippen LogP contribution in [0.1, 0.15) is 30.4 Å². The number of nitrogens with zero attached hydrogens (tertiary/aromatic N) is 2. The predicted octanol–water partition coefficient (Wildman–Crippen LogP) is 1.56. The van der Waals surface area contributed by atoms with Crippen molar-refractivity contribution in [1.29, 1.82) is 0 Å². The zero-order valence-corrected chi connectivity index (χ0v) is 18.5. The minimum atomic E-state index is -1.05. The topological polar surface area (TPSA) is 156 Å². The number of carbonyl (C=O) groups excluding carboxylic acids is 1. The number of aromatic nitrogens is 2. The maximum absolute atomic E-state index is 11.2. The van der Waals surface area contributed by atoms with Crippen LogP contribution in [0.3, 0.4) is 0 Å². The molecule has 0 radical (unpaired) electrons. The average molecular weight is 459 g/mol. The van der Waals surface area contributed by atoms with Crippen LogP contribution in [-0.4, -0.2) is 56.9 Å². The number of hydrogen-bond acceptors (Lipinski definition) is 7. The van der Waals surface area contributed by atoms with Crippen molar-refractivity contribution in [3.8, 4) is 11.8 Å². The van der Waals surface area contributed by atoms with Crippen molar-refractivity contribution in [3.63, 3.8) is 0 Å². The first-order valence-electron chi connectivity index (χ1n) is 9.67. The van der Waals surface area contributed by atoms with Gasteiger partial charge in [-0.3, -0.25) is 14.4 Å². The van der Waals surface area contributed by atoms with Gasteiger partial charge in [0, 0.05) is 25.2 Å². The van der Waals surface area contributed by atoms with Crippen molar-refractivity contribution < 1.29 is 24.6 Å². The Morgan fingerprint density at radius 1 is 1.16 bits per heavy atom. The zero-order valence-electron chi connectivity index (χ0n) is 17.7. The highest BCUT2D eigenvalue weighted by Crippen LogP contribution is 2.06. The molecule has 0 fully saturated rings. The van der Waals surface area contributed by atoms with Crippen LogP contribution in [0.25, 0.3) is 0 Å². The van der Waals surface area contributed by atoms with Gasteiger partial charge in [0.15, 0.2) is 5.16 Å². The molecule has 9 nitrogen and oxygen atoms in total. The summed E-state index contributed by atoms with van der Waals surface area (Å²) < 4.78 is 0. The van der Waals surface area contributed by atoms with E-state index in [1.807, 2.05) is 36.6 Å². The number of nitrogens with one attached hydrogen (secondary N) is 1. The van der Waals surface area contributed by atoms with Gasteiger partial charge in [0.1, 0.15) is 12.6 Å². The fourth-order valence-corrected chi connectivity index (χ4v) is 2.52. The molecule has 2 rings (SSSR count). The molecule has 0 saturated carbocycles. The van der Waals surface area contributed by atoms with Crippen molar-refractivity contribution in [2.24, 2.45) is 5.73 Å². The lowest BCUT2D eigenvalue weighted by Gasteiger charge is -2.04.